The van der Waals surface area contributed by atoms with E-state index in [1.54, 1.807) is 6.08 Å². The van der Waals surface area contributed by atoms with Crippen LogP contribution in [0.3, 0.4) is 0 Å². The Morgan fingerprint density at radius 2 is 0.827 bits per heavy atom. The molecule has 0 saturated carbocycles. The number of aliphatic hydroxyl groups is 1. The van der Waals surface area contributed by atoms with Crippen molar-refractivity contribution in [3.8, 4) is 0 Å². The van der Waals surface area contributed by atoms with Crippen molar-refractivity contribution >= 4 is 13.7 Å². The average Bonchev–Trinajstić information content (AvgIpc) is 3.37. The maximum Gasteiger partial charge on any atom is 0.268 e. The Bertz CT molecular complexity index is 1500. The number of likely N-dealkylation sites (N-methyl/N-ethyl adjacent to an activating group) is 1. The summed E-state index contributed by atoms with van der Waals surface area (Å²) in [6.07, 6.45) is 80.1. The number of nitrogens with zero attached hydrogens (tertiary/aromatic N) is 1. The summed E-state index contributed by atoms with van der Waals surface area (Å²) in [6, 6.07) is -0.910. The minimum Gasteiger partial charge on any atom is -0.756 e. The van der Waals surface area contributed by atoms with E-state index >= 15 is 0 Å². The van der Waals surface area contributed by atoms with Crippen molar-refractivity contribution in [2.24, 2.45) is 0 Å². The first-order valence-corrected chi connectivity index (χ1v) is 32.9. The summed E-state index contributed by atoms with van der Waals surface area (Å²) in [5.41, 5.74) is 0. The number of unbranched alkanes of at least 4 members (excludes halogenated alkanes) is 32. The molecule has 0 aromatic heterocycles. The zero-order chi connectivity index (χ0) is 54.9. The van der Waals surface area contributed by atoms with Gasteiger partial charge in [-0.2, -0.15) is 0 Å². The predicted octanol–water partition coefficient (Wildman–Crippen LogP) is 19.0. The van der Waals surface area contributed by atoms with Gasteiger partial charge in [-0.3, -0.25) is 9.36 Å². The third-order valence-electron chi connectivity index (χ3n) is 13.8. The summed E-state index contributed by atoms with van der Waals surface area (Å²) in [4.78, 5) is 25.4. The standard InChI is InChI=1S/C66H121N2O6P/c1-6-8-10-12-14-16-18-20-21-22-23-24-25-26-27-28-29-30-31-32-33-34-35-36-37-38-39-40-41-42-43-44-45-46-47-48-50-52-54-56-58-60-66(70)67-64(63-74-75(71,72)73-62-61-68(3,4)5)65(69)59-57-55-53-51-49-19-17-15-13-11-9-7-2/h8,10,13-16,20-21,23-24,49,51,57,59,64-65,69H,6-7,9,11-12,17-19,22,25-48,50,52-56,58,60-63H2,1-5H3,(H-,67,70,71,72)/b10-8-,15-13+,16-14-,21-20-,24-23-,51-49+,59-57+. The van der Waals surface area contributed by atoms with Crippen molar-refractivity contribution in [3.05, 3.63) is 85.1 Å². The van der Waals surface area contributed by atoms with Crippen LogP contribution in [0.15, 0.2) is 85.1 Å². The van der Waals surface area contributed by atoms with Crippen LogP contribution in [0.5, 0.6) is 0 Å². The van der Waals surface area contributed by atoms with Gasteiger partial charge in [-0.05, 0) is 77.0 Å². The van der Waals surface area contributed by atoms with Crippen molar-refractivity contribution in [1.82, 2.24) is 5.32 Å². The molecule has 0 fully saturated rings. The quantitative estimate of drug-likeness (QED) is 0.0272. The molecule has 75 heavy (non-hydrogen) atoms. The molecule has 0 aromatic rings. The van der Waals surface area contributed by atoms with Crippen LogP contribution >= 0.6 is 7.82 Å². The van der Waals surface area contributed by atoms with E-state index in [1.165, 1.54) is 180 Å². The molecule has 0 aliphatic rings. The molecular formula is C66H121N2O6P. The zero-order valence-electron chi connectivity index (χ0n) is 49.7. The van der Waals surface area contributed by atoms with E-state index in [9.17, 15) is 19.4 Å². The minimum absolute atomic E-state index is 0.00981. The summed E-state index contributed by atoms with van der Waals surface area (Å²) < 4.78 is 23.3. The van der Waals surface area contributed by atoms with E-state index in [1.807, 2.05) is 27.2 Å². The number of quaternary nitrogens is 1. The molecule has 9 heteroatoms. The number of allylic oxidation sites excluding steroid dienone is 13. The van der Waals surface area contributed by atoms with Crippen molar-refractivity contribution in [2.45, 2.75) is 289 Å². The fourth-order valence-electron chi connectivity index (χ4n) is 8.93. The molecule has 0 heterocycles. The SMILES string of the molecule is CC/C=C\C/C=C\C/C=C\C/C=C\CCCCCCCCCCCCCCCCCCCCCCCCCCCCCCC(=O)NC(COP(=O)([O-])OCC[N+](C)(C)C)C(O)/C=C/CC/C=C/CC/C=C/CCCC. The molecule has 0 rings (SSSR count). The number of phosphoric acid groups is 1. The summed E-state index contributed by atoms with van der Waals surface area (Å²) in [6.45, 7) is 4.46. The van der Waals surface area contributed by atoms with Gasteiger partial charge in [-0.25, -0.2) is 0 Å². The fourth-order valence-corrected chi connectivity index (χ4v) is 9.65. The molecule has 436 valence electrons. The molecule has 0 spiro atoms. The molecule has 0 saturated heterocycles. The number of nitrogens with one attached hydrogen (secondary N) is 1. The molecule has 3 unspecified atom stereocenters. The highest BCUT2D eigenvalue weighted by Gasteiger charge is 2.23. The van der Waals surface area contributed by atoms with Crippen molar-refractivity contribution < 1.29 is 32.9 Å². The highest BCUT2D eigenvalue weighted by molar-refractivity contribution is 7.45. The number of carbonyl (C=O) groups excluding carboxylic acids is 1. The van der Waals surface area contributed by atoms with E-state index in [-0.39, 0.29) is 12.5 Å². The molecule has 2 N–H and O–H groups in total. The van der Waals surface area contributed by atoms with Crippen LogP contribution in [0.2, 0.25) is 0 Å². The minimum atomic E-state index is -4.61. The third-order valence-corrected chi connectivity index (χ3v) is 14.8. The van der Waals surface area contributed by atoms with Crippen molar-refractivity contribution in [1.29, 1.82) is 0 Å². The lowest BCUT2D eigenvalue weighted by molar-refractivity contribution is -0.870. The average molecular weight is 1070 g/mol. The number of phosphoric ester groups is 1. The molecule has 3 atom stereocenters. The first-order chi connectivity index (χ1) is 36.5. The number of amides is 1. The summed E-state index contributed by atoms with van der Waals surface area (Å²) in [7, 11) is 1.24. The Morgan fingerprint density at radius 1 is 0.480 bits per heavy atom. The highest BCUT2D eigenvalue weighted by Crippen LogP contribution is 2.38. The summed E-state index contributed by atoms with van der Waals surface area (Å²) in [5.74, 6) is -0.210. The molecule has 0 aromatic carbocycles. The maximum absolute atomic E-state index is 12.9. The van der Waals surface area contributed by atoms with E-state index in [4.69, 9.17) is 9.05 Å². The lowest BCUT2D eigenvalue weighted by Crippen LogP contribution is -2.45. The van der Waals surface area contributed by atoms with E-state index in [0.29, 0.717) is 17.4 Å². The summed E-state index contributed by atoms with van der Waals surface area (Å²) in [5, 5.41) is 13.8. The van der Waals surface area contributed by atoms with Crippen LogP contribution < -0.4 is 10.2 Å². The first-order valence-electron chi connectivity index (χ1n) is 31.4. The largest absolute Gasteiger partial charge is 0.756 e. The second kappa shape index (κ2) is 56.4. The van der Waals surface area contributed by atoms with Crippen LogP contribution in [-0.2, 0) is 18.4 Å². The first kappa shape index (κ1) is 72.7. The lowest BCUT2D eigenvalue weighted by atomic mass is 10.0. The Kier molecular flexibility index (Phi) is 54.7. The Morgan fingerprint density at radius 3 is 1.24 bits per heavy atom. The van der Waals surface area contributed by atoms with E-state index < -0.39 is 26.6 Å². The van der Waals surface area contributed by atoms with Gasteiger partial charge in [-0.15, -0.1) is 0 Å². The predicted molar refractivity (Wildman–Crippen MR) is 325 cm³/mol. The van der Waals surface area contributed by atoms with Crippen LogP contribution in [0.1, 0.15) is 277 Å². The lowest BCUT2D eigenvalue weighted by Gasteiger charge is -2.29. The molecule has 0 bridgehead atoms. The Labute approximate surface area is 465 Å². The van der Waals surface area contributed by atoms with Crippen LogP contribution in [0.25, 0.3) is 0 Å². The fraction of sp³-hybridized carbons (Fsp3) is 0.773. The molecule has 0 aliphatic carbocycles. The van der Waals surface area contributed by atoms with Crippen molar-refractivity contribution in [2.75, 3.05) is 40.9 Å². The second-order valence-corrected chi connectivity index (χ2v) is 23.8. The highest BCUT2D eigenvalue weighted by atomic mass is 31.2. The second-order valence-electron chi connectivity index (χ2n) is 22.4. The zero-order valence-corrected chi connectivity index (χ0v) is 50.6. The number of hydrogen-bond donors (Lipinski definition) is 2. The molecule has 8 nitrogen and oxygen atoms in total. The van der Waals surface area contributed by atoms with Gasteiger partial charge in [0.2, 0.25) is 5.91 Å². The van der Waals surface area contributed by atoms with Gasteiger partial charge in [0, 0.05) is 6.42 Å². The van der Waals surface area contributed by atoms with Gasteiger partial charge in [0.25, 0.3) is 7.82 Å². The Balaban J connectivity index is 3.85. The third kappa shape index (κ3) is 59.2. The van der Waals surface area contributed by atoms with E-state index in [2.05, 4.69) is 92.1 Å². The number of hydrogen-bond acceptors (Lipinski definition) is 6. The molecular weight excluding hydrogens is 948 g/mol. The normalized spacial score (nSPS) is 14.4. The van der Waals surface area contributed by atoms with Gasteiger partial charge in [0.05, 0.1) is 39.9 Å². The van der Waals surface area contributed by atoms with E-state index in [0.717, 1.165) is 77.0 Å². The van der Waals surface area contributed by atoms with Gasteiger partial charge in [0.15, 0.2) is 0 Å². The number of aliphatic hydroxyl groups excluding tert-OH is 1. The van der Waals surface area contributed by atoms with Crippen LogP contribution in [-0.4, -0.2) is 68.5 Å². The van der Waals surface area contributed by atoms with Gasteiger partial charge in [0.1, 0.15) is 13.2 Å². The topological polar surface area (TPSA) is 108 Å². The number of carbonyl (C=O) groups is 1. The number of rotatable bonds is 57. The molecule has 0 radical (unpaired) electrons. The Hall–Kier alpha value is -2.32. The maximum atomic E-state index is 12.9. The monoisotopic (exact) mass is 1070 g/mol. The van der Waals surface area contributed by atoms with Crippen LogP contribution in [0, 0.1) is 0 Å². The van der Waals surface area contributed by atoms with Gasteiger partial charge < -0.3 is 28.8 Å². The molecule has 0 aliphatic heterocycles. The smallest absolute Gasteiger partial charge is 0.268 e. The summed E-state index contributed by atoms with van der Waals surface area (Å²) >= 11 is 0. The van der Waals surface area contributed by atoms with Gasteiger partial charge >= 0.3 is 0 Å². The van der Waals surface area contributed by atoms with Crippen LogP contribution in [0.4, 0.5) is 0 Å². The molecule has 1 amide bonds. The van der Waals surface area contributed by atoms with Gasteiger partial charge in [-0.1, -0.05) is 279 Å². The van der Waals surface area contributed by atoms with Crippen molar-refractivity contribution in [3.63, 3.8) is 0 Å².